The summed E-state index contributed by atoms with van der Waals surface area (Å²) in [5.41, 5.74) is 1.18. The second-order valence-electron chi connectivity index (χ2n) is 10.5. The Morgan fingerprint density at radius 2 is 0.914 bits per heavy atom. The van der Waals surface area contributed by atoms with E-state index in [9.17, 15) is 0 Å². The molecule has 0 aromatic heterocycles. The van der Waals surface area contributed by atoms with Crippen molar-refractivity contribution in [2.24, 2.45) is 4.99 Å². The summed E-state index contributed by atoms with van der Waals surface area (Å²) in [4.78, 5) is 4.61. The zero-order valence-electron chi connectivity index (χ0n) is 23.7. The number of hydrogen-bond donors (Lipinski definition) is 0. The Labute approximate surface area is 219 Å². The average Bonchev–Trinajstić information content (AvgIpc) is 2.88. The lowest BCUT2D eigenvalue weighted by Gasteiger charge is -2.06. The van der Waals surface area contributed by atoms with Crippen LogP contribution in [0.2, 0.25) is 0 Å². The van der Waals surface area contributed by atoms with Gasteiger partial charge in [-0.05, 0) is 42.7 Å². The minimum Gasteiger partial charge on any atom is -0.494 e. The lowest BCUT2D eigenvalue weighted by atomic mass is 10.1. The maximum absolute atomic E-state index is 5.93. The van der Waals surface area contributed by atoms with Gasteiger partial charge in [0.05, 0.1) is 6.61 Å². The molecule has 0 radical (unpaired) electrons. The molecule has 0 aliphatic rings. The summed E-state index contributed by atoms with van der Waals surface area (Å²) < 4.78 is 5.93. The fourth-order valence-corrected chi connectivity index (χ4v) is 4.64. The maximum Gasteiger partial charge on any atom is 0.119 e. The van der Waals surface area contributed by atoms with Crippen LogP contribution in [-0.2, 0) is 0 Å². The van der Waals surface area contributed by atoms with Gasteiger partial charge in [0.15, 0.2) is 0 Å². The molecule has 1 rings (SSSR count). The Kier molecular flexibility index (Phi) is 23.4. The summed E-state index contributed by atoms with van der Waals surface area (Å²) in [6, 6.07) is 8.42. The van der Waals surface area contributed by atoms with Crippen molar-refractivity contribution in [2.75, 3.05) is 13.2 Å². The van der Waals surface area contributed by atoms with Crippen molar-refractivity contribution in [3.8, 4) is 5.75 Å². The van der Waals surface area contributed by atoms with Crippen LogP contribution < -0.4 is 4.74 Å². The Morgan fingerprint density at radius 3 is 1.37 bits per heavy atom. The van der Waals surface area contributed by atoms with E-state index in [1.165, 1.54) is 147 Å². The first-order chi connectivity index (χ1) is 17.4. The molecule has 0 saturated heterocycles. The predicted molar refractivity (Wildman–Crippen MR) is 157 cm³/mol. The van der Waals surface area contributed by atoms with Crippen molar-refractivity contribution in [3.63, 3.8) is 0 Å². The van der Waals surface area contributed by atoms with Crippen LogP contribution in [0.4, 0.5) is 0 Å². The SMILES string of the molecule is CCCCCCCCCCCCCCOc1ccc(C=NCCCCCCCCCCCC)cc1. The molecule has 0 bridgehead atoms. The largest absolute Gasteiger partial charge is 0.494 e. The number of ether oxygens (including phenoxy) is 1. The summed E-state index contributed by atoms with van der Waals surface area (Å²) >= 11 is 0. The van der Waals surface area contributed by atoms with Crippen molar-refractivity contribution in [2.45, 2.75) is 155 Å². The van der Waals surface area contributed by atoms with E-state index in [0.29, 0.717) is 0 Å². The highest BCUT2D eigenvalue weighted by Gasteiger charge is 1.97. The van der Waals surface area contributed by atoms with Crippen LogP contribution in [0, 0.1) is 0 Å². The lowest BCUT2D eigenvalue weighted by molar-refractivity contribution is 0.304. The second kappa shape index (κ2) is 25.8. The monoisotopic (exact) mass is 485 g/mol. The highest BCUT2D eigenvalue weighted by molar-refractivity contribution is 5.79. The van der Waals surface area contributed by atoms with Crippen LogP contribution in [-0.4, -0.2) is 19.4 Å². The fraction of sp³-hybridized carbons (Fsp3) is 0.788. The predicted octanol–water partition coefficient (Wildman–Crippen LogP) is 11.1. The van der Waals surface area contributed by atoms with Crippen molar-refractivity contribution >= 4 is 6.21 Å². The van der Waals surface area contributed by atoms with Crippen molar-refractivity contribution in [3.05, 3.63) is 29.8 Å². The van der Waals surface area contributed by atoms with Gasteiger partial charge in [-0.3, -0.25) is 4.99 Å². The van der Waals surface area contributed by atoms with E-state index >= 15 is 0 Å². The molecular formula is C33H59NO. The number of hydrogen-bond acceptors (Lipinski definition) is 2. The quantitative estimate of drug-likeness (QED) is 0.0944. The van der Waals surface area contributed by atoms with E-state index in [4.69, 9.17) is 4.74 Å². The molecule has 0 amide bonds. The molecule has 0 unspecified atom stereocenters. The zero-order valence-corrected chi connectivity index (χ0v) is 23.7. The van der Waals surface area contributed by atoms with E-state index < -0.39 is 0 Å². The van der Waals surface area contributed by atoms with Gasteiger partial charge in [-0.1, -0.05) is 142 Å². The molecule has 0 atom stereocenters. The molecular weight excluding hydrogens is 426 g/mol. The van der Waals surface area contributed by atoms with Gasteiger partial charge in [-0.2, -0.15) is 0 Å². The molecule has 0 saturated carbocycles. The third-order valence-electron chi connectivity index (χ3n) is 7.03. The van der Waals surface area contributed by atoms with Crippen LogP contribution in [0.25, 0.3) is 0 Å². The summed E-state index contributed by atoms with van der Waals surface area (Å²) in [6.45, 7) is 6.36. The van der Waals surface area contributed by atoms with E-state index in [2.05, 4.69) is 43.1 Å². The normalized spacial score (nSPS) is 11.5. The number of aliphatic imine (C=N–C) groups is 1. The van der Waals surface area contributed by atoms with Gasteiger partial charge in [0.25, 0.3) is 0 Å². The standard InChI is InChI=1S/C33H59NO/c1-3-5-7-9-11-13-15-16-18-20-22-24-30-35-33-27-25-32(26-28-33)31-34-29-23-21-19-17-14-12-10-8-6-4-2/h25-28,31H,3-24,29-30H2,1-2H3. The van der Waals surface area contributed by atoms with Crippen molar-refractivity contribution < 1.29 is 4.74 Å². The zero-order chi connectivity index (χ0) is 25.1. The van der Waals surface area contributed by atoms with Crippen LogP contribution in [0.1, 0.15) is 161 Å². The fourth-order valence-electron chi connectivity index (χ4n) is 4.64. The molecule has 202 valence electrons. The Hall–Kier alpha value is -1.31. The smallest absolute Gasteiger partial charge is 0.119 e. The van der Waals surface area contributed by atoms with Crippen LogP contribution in [0.15, 0.2) is 29.3 Å². The molecule has 0 aliphatic carbocycles. The number of nitrogens with zero attached hydrogens (tertiary/aromatic N) is 1. The van der Waals surface area contributed by atoms with E-state index in [-0.39, 0.29) is 0 Å². The number of rotatable bonds is 26. The second-order valence-corrected chi connectivity index (χ2v) is 10.5. The van der Waals surface area contributed by atoms with E-state index in [1.807, 2.05) is 6.21 Å². The van der Waals surface area contributed by atoms with Gasteiger partial charge in [-0.25, -0.2) is 0 Å². The summed E-state index contributed by atoms with van der Waals surface area (Å²) in [5.74, 6) is 0.986. The first-order valence-electron chi connectivity index (χ1n) is 15.6. The van der Waals surface area contributed by atoms with Gasteiger partial charge < -0.3 is 4.74 Å². The molecule has 1 aromatic carbocycles. The topological polar surface area (TPSA) is 21.6 Å². The molecule has 0 aliphatic heterocycles. The van der Waals surface area contributed by atoms with E-state index in [1.54, 1.807) is 0 Å². The van der Waals surface area contributed by atoms with Gasteiger partial charge in [0, 0.05) is 12.8 Å². The Balaban J connectivity index is 1.91. The highest BCUT2D eigenvalue weighted by Crippen LogP contribution is 2.14. The molecule has 0 spiro atoms. The summed E-state index contributed by atoms with van der Waals surface area (Å²) in [6.07, 6.45) is 32.4. The number of benzene rings is 1. The Bertz CT molecular complexity index is 565. The molecule has 2 heteroatoms. The molecule has 0 N–H and O–H groups in total. The Morgan fingerprint density at radius 1 is 0.514 bits per heavy atom. The van der Waals surface area contributed by atoms with Crippen LogP contribution in [0.3, 0.4) is 0 Å². The van der Waals surface area contributed by atoms with Gasteiger partial charge in [0.2, 0.25) is 0 Å². The first kappa shape index (κ1) is 31.7. The minimum absolute atomic E-state index is 0.837. The lowest BCUT2D eigenvalue weighted by Crippen LogP contribution is -1.97. The molecule has 1 aromatic rings. The van der Waals surface area contributed by atoms with Crippen molar-refractivity contribution in [1.82, 2.24) is 0 Å². The summed E-state index contributed by atoms with van der Waals surface area (Å²) in [7, 11) is 0. The van der Waals surface area contributed by atoms with Crippen LogP contribution >= 0.6 is 0 Å². The highest BCUT2D eigenvalue weighted by atomic mass is 16.5. The third kappa shape index (κ3) is 21.7. The first-order valence-corrected chi connectivity index (χ1v) is 15.6. The average molecular weight is 486 g/mol. The third-order valence-corrected chi connectivity index (χ3v) is 7.03. The minimum atomic E-state index is 0.837. The number of unbranched alkanes of at least 4 members (excludes halogenated alkanes) is 20. The molecule has 2 nitrogen and oxygen atoms in total. The van der Waals surface area contributed by atoms with Crippen LogP contribution in [0.5, 0.6) is 5.75 Å². The maximum atomic E-state index is 5.93. The van der Waals surface area contributed by atoms with Gasteiger partial charge >= 0.3 is 0 Å². The summed E-state index contributed by atoms with van der Waals surface area (Å²) in [5, 5.41) is 0. The molecule has 0 fully saturated rings. The molecule has 0 heterocycles. The van der Waals surface area contributed by atoms with E-state index in [0.717, 1.165) is 18.9 Å². The van der Waals surface area contributed by atoms with Gasteiger partial charge in [0.1, 0.15) is 5.75 Å². The van der Waals surface area contributed by atoms with Crippen molar-refractivity contribution in [1.29, 1.82) is 0 Å². The molecule has 35 heavy (non-hydrogen) atoms. The van der Waals surface area contributed by atoms with Gasteiger partial charge in [-0.15, -0.1) is 0 Å².